The highest BCUT2D eigenvalue weighted by Crippen LogP contribution is 2.22. The maximum Gasteiger partial charge on any atom is 0.410 e. The Labute approximate surface area is 155 Å². The van der Waals surface area contributed by atoms with Crippen LogP contribution in [0.15, 0.2) is 30.3 Å². The van der Waals surface area contributed by atoms with E-state index < -0.39 is 0 Å². The van der Waals surface area contributed by atoms with Gasteiger partial charge in [-0.15, -0.1) is 0 Å². The van der Waals surface area contributed by atoms with Crippen LogP contribution in [0.5, 0.6) is 0 Å². The number of ether oxygens (including phenoxy) is 2. The van der Waals surface area contributed by atoms with Gasteiger partial charge in [0.25, 0.3) is 0 Å². The number of esters is 1. The van der Waals surface area contributed by atoms with Crippen molar-refractivity contribution in [2.45, 2.75) is 38.4 Å². The van der Waals surface area contributed by atoms with Crippen molar-refractivity contribution < 1.29 is 19.1 Å². The Hall–Kier alpha value is -2.08. The molecule has 0 saturated carbocycles. The lowest BCUT2D eigenvalue weighted by atomic mass is 9.97. The Morgan fingerprint density at radius 1 is 1.00 bits per heavy atom. The van der Waals surface area contributed by atoms with Crippen LogP contribution < -0.4 is 0 Å². The SMILES string of the molecule is CN1CCC(OC(=O)C2CCN(C(=O)OCc3ccccc3)CC2)CC1. The van der Waals surface area contributed by atoms with Crippen LogP contribution in [0.25, 0.3) is 0 Å². The van der Waals surface area contributed by atoms with Gasteiger partial charge in [-0.05, 0) is 38.3 Å². The van der Waals surface area contributed by atoms with E-state index >= 15 is 0 Å². The summed E-state index contributed by atoms with van der Waals surface area (Å²) < 4.78 is 11.0. The monoisotopic (exact) mass is 360 g/mol. The van der Waals surface area contributed by atoms with Gasteiger partial charge in [0.1, 0.15) is 12.7 Å². The van der Waals surface area contributed by atoms with Crippen molar-refractivity contribution in [3.8, 4) is 0 Å². The minimum absolute atomic E-state index is 0.0487. The van der Waals surface area contributed by atoms with Crippen LogP contribution >= 0.6 is 0 Å². The van der Waals surface area contributed by atoms with E-state index in [1.54, 1.807) is 4.90 Å². The molecule has 2 fully saturated rings. The molecule has 1 amide bonds. The van der Waals surface area contributed by atoms with Gasteiger partial charge in [0, 0.05) is 26.2 Å². The molecule has 2 aliphatic heterocycles. The first kappa shape index (κ1) is 18.7. The zero-order valence-corrected chi connectivity index (χ0v) is 15.4. The summed E-state index contributed by atoms with van der Waals surface area (Å²) in [5, 5.41) is 0. The fourth-order valence-electron chi connectivity index (χ4n) is 3.47. The molecule has 142 valence electrons. The van der Waals surface area contributed by atoms with E-state index in [2.05, 4.69) is 11.9 Å². The quantitative estimate of drug-likeness (QED) is 0.773. The van der Waals surface area contributed by atoms with Gasteiger partial charge in [-0.25, -0.2) is 4.79 Å². The van der Waals surface area contributed by atoms with Gasteiger partial charge in [0.15, 0.2) is 0 Å². The summed E-state index contributed by atoms with van der Waals surface area (Å²) in [6.07, 6.45) is 2.85. The van der Waals surface area contributed by atoms with E-state index in [9.17, 15) is 9.59 Å². The number of piperidine rings is 2. The first-order valence-corrected chi connectivity index (χ1v) is 9.46. The summed E-state index contributed by atoms with van der Waals surface area (Å²) in [5.41, 5.74) is 0.970. The molecule has 0 radical (unpaired) electrons. The molecule has 0 unspecified atom stereocenters. The number of hydrogen-bond acceptors (Lipinski definition) is 5. The lowest BCUT2D eigenvalue weighted by Gasteiger charge is -2.33. The smallest absolute Gasteiger partial charge is 0.410 e. The van der Waals surface area contributed by atoms with Crippen molar-refractivity contribution in [3.63, 3.8) is 0 Å². The molecule has 2 aliphatic rings. The minimum Gasteiger partial charge on any atom is -0.462 e. The minimum atomic E-state index is -0.309. The fraction of sp³-hybridized carbons (Fsp3) is 0.600. The third-order valence-electron chi connectivity index (χ3n) is 5.24. The van der Waals surface area contributed by atoms with Crippen LogP contribution in [0.2, 0.25) is 0 Å². The Morgan fingerprint density at radius 2 is 1.65 bits per heavy atom. The van der Waals surface area contributed by atoms with Crippen molar-refractivity contribution in [1.29, 1.82) is 0 Å². The highest BCUT2D eigenvalue weighted by molar-refractivity contribution is 5.73. The van der Waals surface area contributed by atoms with Crippen molar-refractivity contribution in [1.82, 2.24) is 9.80 Å². The number of likely N-dealkylation sites (tertiary alicyclic amines) is 2. The molecule has 1 aromatic rings. The summed E-state index contributed by atoms with van der Waals surface area (Å²) >= 11 is 0. The van der Waals surface area contributed by atoms with Crippen LogP contribution in [0.4, 0.5) is 4.79 Å². The molecule has 0 spiro atoms. The standard InChI is InChI=1S/C20H28N2O4/c1-21-11-9-18(10-12-21)26-19(23)17-7-13-22(14-8-17)20(24)25-15-16-5-3-2-4-6-16/h2-6,17-18H,7-15H2,1H3. The number of carbonyl (C=O) groups excluding carboxylic acids is 2. The van der Waals surface area contributed by atoms with Crippen molar-refractivity contribution in [3.05, 3.63) is 35.9 Å². The average Bonchev–Trinajstić information content (AvgIpc) is 2.69. The normalized spacial score (nSPS) is 20.0. The number of nitrogens with zero attached hydrogens (tertiary/aromatic N) is 2. The zero-order valence-electron chi connectivity index (χ0n) is 15.4. The van der Waals surface area contributed by atoms with Crippen molar-refractivity contribution in [2.24, 2.45) is 5.92 Å². The molecule has 1 aromatic carbocycles. The second-order valence-electron chi connectivity index (χ2n) is 7.24. The second-order valence-corrected chi connectivity index (χ2v) is 7.24. The zero-order chi connectivity index (χ0) is 18.4. The maximum atomic E-state index is 12.4. The lowest BCUT2D eigenvalue weighted by molar-refractivity contribution is -0.157. The van der Waals surface area contributed by atoms with Gasteiger partial charge in [0.2, 0.25) is 0 Å². The molecule has 3 rings (SSSR count). The van der Waals surface area contributed by atoms with E-state index in [-0.39, 0.29) is 30.7 Å². The first-order valence-electron chi connectivity index (χ1n) is 9.46. The van der Waals surface area contributed by atoms with Crippen LogP contribution in [-0.2, 0) is 20.9 Å². The van der Waals surface area contributed by atoms with Crippen LogP contribution in [0, 0.1) is 5.92 Å². The molecule has 0 N–H and O–H groups in total. The molecule has 6 heteroatoms. The number of benzene rings is 1. The molecule has 0 aromatic heterocycles. The molecular weight excluding hydrogens is 332 g/mol. The third kappa shape index (κ3) is 5.21. The summed E-state index contributed by atoms with van der Waals surface area (Å²) in [7, 11) is 2.09. The van der Waals surface area contributed by atoms with Gasteiger partial charge in [-0.3, -0.25) is 4.79 Å². The Balaban J connectivity index is 1.38. The van der Waals surface area contributed by atoms with E-state index in [1.165, 1.54) is 0 Å². The predicted octanol–water partition coefficient (Wildman–Crippen LogP) is 2.67. The van der Waals surface area contributed by atoms with Gasteiger partial charge in [0.05, 0.1) is 5.92 Å². The highest BCUT2D eigenvalue weighted by atomic mass is 16.6. The second kappa shape index (κ2) is 9.03. The van der Waals surface area contributed by atoms with Gasteiger partial charge >= 0.3 is 12.1 Å². The van der Waals surface area contributed by atoms with E-state index in [0.29, 0.717) is 25.9 Å². The molecule has 2 heterocycles. The van der Waals surface area contributed by atoms with Crippen molar-refractivity contribution in [2.75, 3.05) is 33.2 Å². The van der Waals surface area contributed by atoms with E-state index in [4.69, 9.17) is 9.47 Å². The van der Waals surface area contributed by atoms with Gasteiger partial charge in [-0.1, -0.05) is 30.3 Å². The molecule has 2 saturated heterocycles. The number of carbonyl (C=O) groups is 2. The fourth-order valence-corrected chi connectivity index (χ4v) is 3.47. The Kier molecular flexibility index (Phi) is 6.50. The van der Waals surface area contributed by atoms with Crippen LogP contribution in [0.3, 0.4) is 0 Å². The third-order valence-corrected chi connectivity index (χ3v) is 5.24. The van der Waals surface area contributed by atoms with Gasteiger partial charge in [-0.2, -0.15) is 0 Å². The maximum absolute atomic E-state index is 12.4. The summed E-state index contributed by atoms with van der Waals surface area (Å²) in [6.45, 7) is 3.31. The lowest BCUT2D eigenvalue weighted by Crippen LogP contribution is -2.42. The molecule has 0 atom stereocenters. The summed E-state index contributed by atoms with van der Waals surface area (Å²) in [5.74, 6) is -0.204. The number of rotatable bonds is 4. The van der Waals surface area contributed by atoms with E-state index in [1.807, 2.05) is 30.3 Å². The predicted molar refractivity (Wildman–Crippen MR) is 97.5 cm³/mol. The molecule has 0 bridgehead atoms. The largest absolute Gasteiger partial charge is 0.462 e. The highest BCUT2D eigenvalue weighted by Gasteiger charge is 2.31. The Morgan fingerprint density at radius 3 is 2.31 bits per heavy atom. The van der Waals surface area contributed by atoms with E-state index in [0.717, 1.165) is 31.5 Å². The number of amides is 1. The molecule has 0 aliphatic carbocycles. The summed E-state index contributed by atoms with van der Waals surface area (Å²) in [4.78, 5) is 28.5. The molecular formula is C20H28N2O4. The average molecular weight is 360 g/mol. The summed E-state index contributed by atoms with van der Waals surface area (Å²) in [6, 6.07) is 9.63. The first-order chi connectivity index (χ1) is 12.6. The van der Waals surface area contributed by atoms with Gasteiger partial charge < -0.3 is 19.3 Å². The van der Waals surface area contributed by atoms with Crippen LogP contribution in [0.1, 0.15) is 31.2 Å². The molecule has 6 nitrogen and oxygen atoms in total. The number of hydrogen-bond donors (Lipinski definition) is 0. The molecule has 26 heavy (non-hydrogen) atoms. The van der Waals surface area contributed by atoms with Crippen molar-refractivity contribution >= 4 is 12.1 Å². The van der Waals surface area contributed by atoms with Crippen LogP contribution in [-0.4, -0.2) is 61.2 Å². The topological polar surface area (TPSA) is 59.1 Å². The Bertz CT molecular complexity index is 591.